The Morgan fingerprint density at radius 2 is 2.00 bits per heavy atom. The van der Waals surface area contributed by atoms with Crippen LogP contribution in [0.15, 0.2) is 71.9 Å². The Bertz CT molecular complexity index is 1700. The van der Waals surface area contributed by atoms with Gasteiger partial charge in [-0.1, -0.05) is 18.2 Å². The summed E-state index contributed by atoms with van der Waals surface area (Å²) in [5, 5.41) is 8.80. The molecular weight excluding hydrogens is 518 g/mol. The van der Waals surface area contributed by atoms with E-state index in [0.717, 1.165) is 57.3 Å². The fourth-order valence-corrected chi connectivity index (χ4v) is 5.37. The molecule has 9 nitrogen and oxygen atoms in total. The van der Waals surface area contributed by atoms with Gasteiger partial charge in [0.15, 0.2) is 6.39 Å². The molecule has 0 unspecified atom stereocenters. The van der Waals surface area contributed by atoms with Crippen LogP contribution in [0, 0.1) is 13.8 Å². The van der Waals surface area contributed by atoms with Gasteiger partial charge in [-0.15, -0.1) is 0 Å². The lowest BCUT2D eigenvalue weighted by molar-refractivity contribution is -0.0141. The molecule has 5 aromatic rings. The minimum absolute atomic E-state index is 0.0987. The van der Waals surface area contributed by atoms with Crippen LogP contribution in [-0.4, -0.2) is 39.4 Å². The SMILES string of the molecule is COC[C@H](OCc1cocn1)c1ccc(C(=O)NC2(c3cc(-c4cnn(C)c4)cc4nc(C)ccc34)CC2)c(C)c1. The molecule has 41 heavy (non-hydrogen) atoms. The Morgan fingerprint density at radius 3 is 2.68 bits per heavy atom. The zero-order valence-electron chi connectivity index (χ0n) is 23.7. The van der Waals surface area contributed by atoms with Crippen LogP contribution in [0.4, 0.5) is 0 Å². The van der Waals surface area contributed by atoms with Gasteiger partial charge < -0.3 is 19.2 Å². The zero-order chi connectivity index (χ0) is 28.6. The number of nitrogens with zero attached hydrogens (tertiary/aromatic N) is 4. The second-order valence-electron chi connectivity index (χ2n) is 10.8. The quantitative estimate of drug-likeness (QED) is 0.242. The number of carbonyl (C=O) groups excluding carboxylic acids is 1. The summed E-state index contributed by atoms with van der Waals surface area (Å²) >= 11 is 0. The second kappa shape index (κ2) is 10.9. The number of benzene rings is 2. The van der Waals surface area contributed by atoms with Crippen LogP contribution in [0.2, 0.25) is 0 Å². The molecular formula is C32H33N5O4. The summed E-state index contributed by atoms with van der Waals surface area (Å²) in [5.74, 6) is -0.0987. The van der Waals surface area contributed by atoms with Crippen molar-refractivity contribution in [1.82, 2.24) is 25.1 Å². The molecule has 1 amide bonds. The summed E-state index contributed by atoms with van der Waals surface area (Å²) in [7, 11) is 3.55. The molecule has 9 heteroatoms. The lowest BCUT2D eigenvalue weighted by Crippen LogP contribution is -2.35. The van der Waals surface area contributed by atoms with Crippen LogP contribution in [0.25, 0.3) is 22.0 Å². The lowest BCUT2D eigenvalue weighted by Gasteiger charge is -2.22. The summed E-state index contributed by atoms with van der Waals surface area (Å²) in [6.07, 6.45) is 8.21. The third-order valence-corrected chi connectivity index (χ3v) is 7.70. The number of nitrogens with one attached hydrogen (secondary N) is 1. The Balaban J connectivity index is 1.27. The summed E-state index contributed by atoms with van der Waals surface area (Å²) in [5.41, 5.74) is 7.70. The first-order valence-electron chi connectivity index (χ1n) is 13.7. The van der Waals surface area contributed by atoms with Crippen LogP contribution in [0.1, 0.15) is 57.4 Å². The van der Waals surface area contributed by atoms with Gasteiger partial charge in [-0.3, -0.25) is 14.5 Å². The molecule has 2 aromatic carbocycles. The minimum Gasteiger partial charge on any atom is -0.451 e. The first kappa shape index (κ1) is 26.9. The Kier molecular flexibility index (Phi) is 7.15. The van der Waals surface area contributed by atoms with Gasteiger partial charge in [0.1, 0.15) is 18.1 Å². The van der Waals surface area contributed by atoms with E-state index >= 15 is 0 Å². The number of ether oxygens (including phenoxy) is 2. The highest BCUT2D eigenvalue weighted by Gasteiger charge is 2.47. The Hall–Kier alpha value is -4.34. The summed E-state index contributed by atoms with van der Waals surface area (Å²) in [6.45, 7) is 4.62. The van der Waals surface area contributed by atoms with Crippen molar-refractivity contribution in [1.29, 1.82) is 0 Å². The van der Waals surface area contributed by atoms with Crippen molar-refractivity contribution < 1.29 is 18.7 Å². The largest absolute Gasteiger partial charge is 0.451 e. The molecule has 210 valence electrons. The topological polar surface area (TPSA) is 104 Å². The number of hydrogen-bond donors (Lipinski definition) is 1. The van der Waals surface area contributed by atoms with Crippen molar-refractivity contribution in [2.24, 2.45) is 7.05 Å². The number of aromatic nitrogens is 4. The number of fused-ring (bicyclic) bond motifs is 1. The highest BCUT2D eigenvalue weighted by atomic mass is 16.5. The van der Waals surface area contributed by atoms with E-state index in [1.807, 2.05) is 57.6 Å². The average Bonchev–Trinajstić information content (AvgIpc) is 3.31. The smallest absolute Gasteiger partial charge is 0.252 e. The molecule has 6 rings (SSSR count). The molecule has 1 aliphatic carbocycles. The highest BCUT2D eigenvalue weighted by Crippen LogP contribution is 2.49. The zero-order valence-corrected chi connectivity index (χ0v) is 23.7. The monoisotopic (exact) mass is 551 g/mol. The number of pyridine rings is 1. The average molecular weight is 552 g/mol. The fourth-order valence-electron chi connectivity index (χ4n) is 5.37. The first-order chi connectivity index (χ1) is 19.8. The third-order valence-electron chi connectivity index (χ3n) is 7.70. The minimum atomic E-state index is -0.450. The predicted octanol–water partition coefficient (Wildman–Crippen LogP) is 5.56. The fraction of sp³-hybridized carbons (Fsp3) is 0.312. The molecule has 0 spiro atoms. The number of amides is 1. The molecule has 1 saturated carbocycles. The maximum absolute atomic E-state index is 13.7. The van der Waals surface area contributed by atoms with E-state index in [2.05, 4.69) is 33.6 Å². The van der Waals surface area contributed by atoms with E-state index in [-0.39, 0.29) is 12.0 Å². The van der Waals surface area contributed by atoms with Gasteiger partial charge >= 0.3 is 0 Å². The Morgan fingerprint density at radius 1 is 1.15 bits per heavy atom. The first-order valence-corrected chi connectivity index (χ1v) is 13.7. The van der Waals surface area contributed by atoms with Crippen molar-refractivity contribution >= 4 is 16.8 Å². The van der Waals surface area contributed by atoms with Crippen molar-refractivity contribution in [2.75, 3.05) is 13.7 Å². The van der Waals surface area contributed by atoms with Gasteiger partial charge in [-0.05, 0) is 73.2 Å². The number of rotatable bonds is 10. The molecule has 0 bridgehead atoms. The van der Waals surface area contributed by atoms with Crippen molar-refractivity contribution in [3.63, 3.8) is 0 Å². The van der Waals surface area contributed by atoms with Crippen LogP contribution in [-0.2, 0) is 28.7 Å². The molecule has 1 atom stereocenters. The molecule has 0 radical (unpaired) electrons. The van der Waals surface area contributed by atoms with Crippen molar-refractivity contribution in [3.8, 4) is 11.1 Å². The van der Waals surface area contributed by atoms with E-state index < -0.39 is 5.54 Å². The molecule has 0 saturated heterocycles. The Labute approximate surface area is 238 Å². The van der Waals surface area contributed by atoms with E-state index in [9.17, 15) is 4.79 Å². The van der Waals surface area contributed by atoms with Gasteiger partial charge in [0.25, 0.3) is 5.91 Å². The molecule has 1 aliphatic rings. The van der Waals surface area contributed by atoms with E-state index in [4.69, 9.17) is 18.9 Å². The number of carbonyl (C=O) groups is 1. The summed E-state index contributed by atoms with van der Waals surface area (Å²) in [6, 6.07) is 14.2. The number of hydrogen-bond acceptors (Lipinski definition) is 7. The lowest BCUT2D eigenvalue weighted by atomic mass is 9.93. The molecule has 0 aliphatic heterocycles. The molecule has 3 heterocycles. The molecule has 3 aromatic heterocycles. The van der Waals surface area contributed by atoms with Crippen molar-refractivity contribution in [2.45, 2.75) is 44.9 Å². The van der Waals surface area contributed by atoms with Gasteiger partial charge in [0.2, 0.25) is 0 Å². The number of oxazole rings is 1. The highest BCUT2D eigenvalue weighted by molar-refractivity contribution is 5.97. The number of methoxy groups -OCH3 is 1. The van der Waals surface area contributed by atoms with Crippen molar-refractivity contribution in [3.05, 3.63) is 101 Å². The summed E-state index contributed by atoms with van der Waals surface area (Å²) in [4.78, 5) is 22.7. The molecule has 1 fully saturated rings. The van der Waals surface area contributed by atoms with Gasteiger partial charge in [0, 0.05) is 42.6 Å². The van der Waals surface area contributed by atoms with E-state index in [1.165, 1.54) is 6.39 Å². The maximum atomic E-state index is 13.7. The summed E-state index contributed by atoms with van der Waals surface area (Å²) < 4.78 is 18.3. The standard InChI is InChI=1S/C32H33N5O4/c1-20-11-22(30(18-39-4)41-17-25-16-40-19-33-25)6-8-26(20)31(38)36-32(9-10-32)28-12-23(24-14-34-37(3)15-24)13-29-27(28)7-5-21(2)35-29/h5-8,11-16,19,30H,9-10,17-18H2,1-4H3,(H,36,38)/t30-/m0/s1. The van der Waals surface area contributed by atoms with Crippen LogP contribution in [0.5, 0.6) is 0 Å². The van der Waals surface area contributed by atoms with E-state index in [1.54, 1.807) is 18.1 Å². The predicted molar refractivity (Wildman–Crippen MR) is 154 cm³/mol. The third kappa shape index (κ3) is 5.51. The maximum Gasteiger partial charge on any atom is 0.252 e. The normalized spacial score (nSPS) is 14.7. The molecule has 1 N–H and O–H groups in total. The van der Waals surface area contributed by atoms with E-state index in [0.29, 0.717) is 24.5 Å². The van der Waals surface area contributed by atoms with Gasteiger partial charge in [0.05, 0.1) is 30.5 Å². The van der Waals surface area contributed by atoms with Gasteiger partial charge in [-0.2, -0.15) is 5.10 Å². The van der Waals surface area contributed by atoms with Gasteiger partial charge in [-0.25, -0.2) is 4.98 Å². The second-order valence-corrected chi connectivity index (χ2v) is 10.8. The number of aryl methyl sites for hydroxylation is 3. The van der Waals surface area contributed by atoms with Crippen LogP contribution >= 0.6 is 0 Å². The van der Waals surface area contributed by atoms with Crippen LogP contribution < -0.4 is 5.32 Å². The van der Waals surface area contributed by atoms with Crippen LogP contribution in [0.3, 0.4) is 0 Å².